The number of hydrogen-bond donors (Lipinski definition) is 1. The van der Waals surface area contributed by atoms with Gasteiger partial charge in [0.1, 0.15) is 0 Å². The van der Waals surface area contributed by atoms with E-state index in [0.29, 0.717) is 18.1 Å². The van der Waals surface area contributed by atoms with Crippen LogP contribution in [-0.4, -0.2) is 22.6 Å². The lowest BCUT2D eigenvalue weighted by molar-refractivity contribution is 0.0944. The molecule has 23 heavy (non-hydrogen) atoms. The van der Waals surface area contributed by atoms with Crippen molar-refractivity contribution < 1.29 is 13.7 Å². The van der Waals surface area contributed by atoms with Crippen LogP contribution in [0.4, 0.5) is 0 Å². The van der Waals surface area contributed by atoms with E-state index in [4.69, 9.17) is 8.94 Å². The maximum Gasteiger partial charge on any atom is 0.273 e. The predicted octanol–water partition coefficient (Wildman–Crippen LogP) is 3.08. The largest absolute Gasteiger partial charge is 0.461 e. The van der Waals surface area contributed by atoms with Crippen LogP contribution in [0.3, 0.4) is 0 Å². The molecule has 0 saturated heterocycles. The van der Waals surface area contributed by atoms with Gasteiger partial charge in [-0.25, -0.2) is 0 Å². The third-order valence-corrected chi connectivity index (χ3v) is 3.43. The lowest BCUT2D eigenvalue weighted by Gasteiger charge is -2.03. The first-order chi connectivity index (χ1) is 11.3. The van der Waals surface area contributed by atoms with Crippen LogP contribution in [0.15, 0.2) is 57.9 Å². The van der Waals surface area contributed by atoms with E-state index in [1.54, 1.807) is 36.9 Å². The molecule has 118 valence electrons. The number of hydrogen-bond acceptors (Lipinski definition) is 5. The maximum absolute atomic E-state index is 12.0. The summed E-state index contributed by atoms with van der Waals surface area (Å²) >= 11 is 0. The van der Waals surface area contributed by atoms with Gasteiger partial charge in [-0.2, -0.15) is 0 Å². The quantitative estimate of drug-likeness (QED) is 0.678. The summed E-state index contributed by atoms with van der Waals surface area (Å²) in [6.07, 6.45) is 8.00. The van der Waals surface area contributed by atoms with Gasteiger partial charge >= 0.3 is 0 Å². The summed E-state index contributed by atoms with van der Waals surface area (Å²) in [5.41, 5.74) is 1.51. The van der Waals surface area contributed by atoms with E-state index in [1.807, 2.05) is 12.1 Å². The maximum atomic E-state index is 12.0. The molecular formula is C17H17N3O3. The predicted molar refractivity (Wildman–Crippen MR) is 83.7 cm³/mol. The van der Waals surface area contributed by atoms with E-state index in [1.165, 1.54) is 5.56 Å². The van der Waals surface area contributed by atoms with E-state index in [0.717, 1.165) is 19.3 Å². The van der Waals surface area contributed by atoms with E-state index < -0.39 is 0 Å². The van der Waals surface area contributed by atoms with Gasteiger partial charge in [0.25, 0.3) is 5.91 Å². The fourth-order valence-corrected chi connectivity index (χ4v) is 2.21. The molecule has 0 aliphatic rings. The van der Waals surface area contributed by atoms with Crippen molar-refractivity contribution >= 4 is 5.91 Å². The van der Waals surface area contributed by atoms with Gasteiger partial charge in [0.05, 0.1) is 6.26 Å². The molecule has 0 atom stereocenters. The van der Waals surface area contributed by atoms with Crippen molar-refractivity contribution in [3.05, 3.63) is 60.2 Å². The topological polar surface area (TPSA) is 81.2 Å². The number of unbranched alkanes of at least 4 members (excludes halogenated alkanes) is 1. The molecule has 3 aromatic heterocycles. The summed E-state index contributed by atoms with van der Waals surface area (Å²) in [4.78, 5) is 16.0. The summed E-state index contributed by atoms with van der Waals surface area (Å²) < 4.78 is 10.3. The lowest BCUT2D eigenvalue weighted by atomic mass is 10.1. The van der Waals surface area contributed by atoms with E-state index in [9.17, 15) is 4.79 Å². The van der Waals surface area contributed by atoms with Crippen LogP contribution in [0.2, 0.25) is 0 Å². The summed E-state index contributed by atoms with van der Waals surface area (Å²) in [5, 5.41) is 6.60. The average Bonchev–Trinajstić information content (AvgIpc) is 3.26. The molecule has 0 radical (unpaired) electrons. The molecule has 0 fully saturated rings. The zero-order valence-corrected chi connectivity index (χ0v) is 12.6. The van der Waals surface area contributed by atoms with Crippen LogP contribution >= 0.6 is 0 Å². The third-order valence-electron chi connectivity index (χ3n) is 3.43. The van der Waals surface area contributed by atoms with E-state index in [2.05, 4.69) is 15.5 Å². The van der Waals surface area contributed by atoms with Crippen LogP contribution in [0, 0.1) is 0 Å². The van der Waals surface area contributed by atoms with Gasteiger partial charge in [-0.05, 0) is 49.1 Å². The van der Waals surface area contributed by atoms with Gasteiger partial charge in [0.15, 0.2) is 11.5 Å². The molecule has 0 bridgehead atoms. The molecular weight excluding hydrogens is 294 g/mol. The fourth-order valence-electron chi connectivity index (χ4n) is 2.21. The summed E-state index contributed by atoms with van der Waals surface area (Å²) in [5.74, 6) is 0.752. The minimum atomic E-state index is -0.240. The van der Waals surface area contributed by atoms with E-state index >= 15 is 0 Å². The number of carbonyl (C=O) groups is 1. The Balaban J connectivity index is 1.41. The first-order valence-electron chi connectivity index (χ1n) is 7.50. The van der Waals surface area contributed by atoms with Gasteiger partial charge in [-0.3, -0.25) is 9.78 Å². The van der Waals surface area contributed by atoms with Crippen LogP contribution in [0.25, 0.3) is 11.5 Å². The molecule has 1 amide bonds. The van der Waals surface area contributed by atoms with Crippen LogP contribution in [0.5, 0.6) is 0 Å². The van der Waals surface area contributed by atoms with Crippen molar-refractivity contribution in [2.45, 2.75) is 19.3 Å². The van der Waals surface area contributed by atoms with Crippen molar-refractivity contribution in [3.8, 4) is 11.5 Å². The number of nitrogens with zero attached hydrogens (tertiary/aromatic N) is 2. The Morgan fingerprint density at radius 3 is 2.78 bits per heavy atom. The second-order valence-electron chi connectivity index (χ2n) is 5.12. The SMILES string of the molecule is O=C(NCCCCc1ccncc1)c1cc(-c2ccco2)on1. The van der Waals surface area contributed by atoms with Gasteiger partial charge < -0.3 is 14.3 Å². The highest BCUT2D eigenvalue weighted by atomic mass is 16.5. The Morgan fingerprint density at radius 1 is 1.13 bits per heavy atom. The number of nitrogens with one attached hydrogen (secondary N) is 1. The highest BCUT2D eigenvalue weighted by Gasteiger charge is 2.14. The zero-order valence-electron chi connectivity index (χ0n) is 12.6. The molecule has 0 unspecified atom stereocenters. The summed E-state index contributed by atoms with van der Waals surface area (Å²) in [6.45, 7) is 0.604. The van der Waals surface area contributed by atoms with Crippen molar-refractivity contribution in [1.29, 1.82) is 0 Å². The van der Waals surface area contributed by atoms with Gasteiger partial charge in [0, 0.05) is 25.0 Å². The third kappa shape index (κ3) is 4.06. The number of carbonyl (C=O) groups excluding carboxylic acids is 1. The number of aryl methyl sites for hydroxylation is 1. The molecule has 3 rings (SSSR count). The van der Waals surface area contributed by atoms with Gasteiger partial charge in [0.2, 0.25) is 5.76 Å². The minimum Gasteiger partial charge on any atom is -0.461 e. The first-order valence-corrected chi connectivity index (χ1v) is 7.50. The van der Waals surface area contributed by atoms with Crippen molar-refractivity contribution in [2.75, 3.05) is 6.54 Å². The standard InChI is InChI=1S/C17H17N3O3/c21-17(14-12-16(23-20-14)15-5-3-11-22-15)19-8-2-1-4-13-6-9-18-10-7-13/h3,5-7,9-12H,1-2,4,8H2,(H,19,21). The molecule has 0 aromatic carbocycles. The monoisotopic (exact) mass is 311 g/mol. The average molecular weight is 311 g/mol. The Morgan fingerprint density at radius 2 is 2.00 bits per heavy atom. The van der Waals surface area contributed by atoms with Gasteiger partial charge in [-0.15, -0.1) is 0 Å². The lowest BCUT2D eigenvalue weighted by Crippen LogP contribution is -2.24. The highest BCUT2D eigenvalue weighted by molar-refractivity contribution is 5.92. The number of furan rings is 1. The Labute approximate surface area is 133 Å². The van der Waals surface area contributed by atoms with Crippen molar-refractivity contribution in [1.82, 2.24) is 15.5 Å². The molecule has 6 nitrogen and oxygen atoms in total. The Kier molecular flexibility index (Phi) is 4.83. The smallest absolute Gasteiger partial charge is 0.273 e. The number of rotatable bonds is 7. The number of amides is 1. The number of pyridine rings is 1. The van der Waals surface area contributed by atoms with Crippen LogP contribution in [0.1, 0.15) is 28.9 Å². The Hall–Kier alpha value is -2.89. The van der Waals surface area contributed by atoms with Crippen LogP contribution < -0.4 is 5.32 Å². The summed E-state index contributed by atoms with van der Waals surface area (Å²) in [7, 11) is 0. The molecule has 0 aliphatic carbocycles. The molecule has 1 N–H and O–H groups in total. The normalized spacial score (nSPS) is 10.6. The summed E-state index contributed by atoms with van der Waals surface area (Å²) in [6, 6.07) is 9.08. The fraction of sp³-hybridized carbons (Fsp3) is 0.235. The molecule has 0 saturated carbocycles. The molecule has 3 heterocycles. The minimum absolute atomic E-state index is 0.240. The highest BCUT2D eigenvalue weighted by Crippen LogP contribution is 2.20. The molecule has 3 aromatic rings. The first kappa shape index (κ1) is 15.0. The molecule has 0 spiro atoms. The van der Waals surface area contributed by atoms with Crippen molar-refractivity contribution in [2.24, 2.45) is 0 Å². The zero-order chi connectivity index (χ0) is 15.9. The number of aromatic nitrogens is 2. The second-order valence-corrected chi connectivity index (χ2v) is 5.12. The molecule has 0 aliphatic heterocycles. The van der Waals surface area contributed by atoms with Gasteiger partial charge in [-0.1, -0.05) is 5.16 Å². The van der Waals surface area contributed by atoms with Crippen molar-refractivity contribution in [3.63, 3.8) is 0 Å². The second kappa shape index (κ2) is 7.40. The molecule has 6 heteroatoms. The van der Waals surface area contributed by atoms with Crippen LogP contribution in [-0.2, 0) is 6.42 Å². The Bertz CT molecular complexity index is 736. The van der Waals surface area contributed by atoms with E-state index in [-0.39, 0.29) is 11.6 Å².